The lowest BCUT2D eigenvalue weighted by Crippen LogP contribution is -2.25. The predicted molar refractivity (Wildman–Crippen MR) is 66.8 cm³/mol. The second-order valence-corrected chi connectivity index (χ2v) is 4.28. The van der Waals surface area contributed by atoms with Gasteiger partial charge in [-0.25, -0.2) is 0 Å². The molecule has 1 fully saturated rings. The zero-order valence-corrected chi connectivity index (χ0v) is 10.5. The summed E-state index contributed by atoms with van der Waals surface area (Å²) in [5.41, 5.74) is 0.563. The number of nitrogens with zero attached hydrogens (tertiary/aromatic N) is 1. The van der Waals surface area contributed by atoms with Crippen molar-refractivity contribution >= 4 is 0 Å². The van der Waals surface area contributed by atoms with Crippen LogP contribution < -0.4 is 9.47 Å². The number of hydrogen-bond donors (Lipinski definition) is 0. The molecule has 0 bridgehead atoms. The minimum Gasteiger partial charge on any atom is -0.493 e. The van der Waals surface area contributed by atoms with Gasteiger partial charge in [-0.2, -0.15) is 5.26 Å². The molecule has 1 aromatic carbocycles. The van der Waals surface area contributed by atoms with E-state index in [-0.39, 0.29) is 6.10 Å². The van der Waals surface area contributed by atoms with Crippen molar-refractivity contribution in [3.63, 3.8) is 0 Å². The normalized spacial score (nSPS) is 19.0. The first-order chi connectivity index (χ1) is 8.83. The quantitative estimate of drug-likeness (QED) is 0.820. The van der Waals surface area contributed by atoms with Crippen molar-refractivity contribution in [3.8, 4) is 17.6 Å². The van der Waals surface area contributed by atoms with Crippen LogP contribution in [-0.2, 0) is 4.74 Å². The molecule has 2 rings (SSSR count). The highest BCUT2D eigenvalue weighted by molar-refractivity contribution is 5.46. The Labute approximate surface area is 107 Å². The van der Waals surface area contributed by atoms with Gasteiger partial charge in [0.1, 0.15) is 6.61 Å². The highest BCUT2D eigenvalue weighted by Crippen LogP contribution is 2.28. The number of nitriles is 1. The van der Waals surface area contributed by atoms with E-state index in [4.69, 9.17) is 19.5 Å². The summed E-state index contributed by atoms with van der Waals surface area (Å²) in [6.07, 6.45) is 3.53. The molecule has 4 heteroatoms. The first kappa shape index (κ1) is 12.7. The second-order valence-electron chi connectivity index (χ2n) is 4.28. The number of hydrogen-bond acceptors (Lipinski definition) is 4. The van der Waals surface area contributed by atoms with Gasteiger partial charge in [-0.3, -0.25) is 0 Å². The van der Waals surface area contributed by atoms with Crippen molar-refractivity contribution < 1.29 is 14.2 Å². The topological polar surface area (TPSA) is 51.5 Å². The van der Waals surface area contributed by atoms with Crippen molar-refractivity contribution in [3.05, 3.63) is 23.8 Å². The maximum absolute atomic E-state index is 8.82. The van der Waals surface area contributed by atoms with Gasteiger partial charge >= 0.3 is 0 Å². The molecule has 0 amide bonds. The number of benzene rings is 1. The maximum Gasteiger partial charge on any atom is 0.162 e. The van der Waals surface area contributed by atoms with Crippen LogP contribution in [-0.4, -0.2) is 26.4 Å². The Balaban J connectivity index is 1.98. The molecule has 1 heterocycles. The van der Waals surface area contributed by atoms with Gasteiger partial charge in [0.25, 0.3) is 0 Å². The second kappa shape index (κ2) is 6.27. The lowest BCUT2D eigenvalue weighted by Gasteiger charge is -2.23. The van der Waals surface area contributed by atoms with Crippen LogP contribution in [0.1, 0.15) is 24.8 Å². The predicted octanol–water partition coefficient (Wildman–Crippen LogP) is 2.51. The Kier molecular flexibility index (Phi) is 4.43. The summed E-state index contributed by atoms with van der Waals surface area (Å²) in [5.74, 6) is 1.25. The molecule has 1 aromatic rings. The van der Waals surface area contributed by atoms with Crippen LogP contribution in [0.4, 0.5) is 0 Å². The van der Waals surface area contributed by atoms with E-state index in [1.807, 2.05) is 0 Å². The number of rotatable bonds is 4. The minimum absolute atomic E-state index is 0.166. The number of ether oxygens (including phenoxy) is 3. The fraction of sp³-hybridized carbons (Fsp3) is 0.500. The largest absolute Gasteiger partial charge is 0.493 e. The van der Waals surface area contributed by atoms with Crippen LogP contribution in [0.5, 0.6) is 11.5 Å². The van der Waals surface area contributed by atoms with Gasteiger partial charge < -0.3 is 14.2 Å². The van der Waals surface area contributed by atoms with Crippen molar-refractivity contribution in [2.45, 2.75) is 25.4 Å². The Hall–Kier alpha value is -1.73. The van der Waals surface area contributed by atoms with E-state index in [9.17, 15) is 0 Å². The lowest BCUT2D eigenvalue weighted by molar-refractivity contribution is -0.0114. The highest BCUT2D eigenvalue weighted by Gasteiger charge is 2.15. The Morgan fingerprint density at radius 2 is 2.28 bits per heavy atom. The molecular formula is C14H17NO3. The van der Waals surface area contributed by atoms with E-state index >= 15 is 0 Å². The molecule has 1 saturated heterocycles. The summed E-state index contributed by atoms with van der Waals surface area (Å²) in [4.78, 5) is 0. The molecule has 1 aliphatic heterocycles. The molecule has 0 saturated carbocycles. The molecule has 4 nitrogen and oxygen atoms in total. The Morgan fingerprint density at radius 1 is 1.39 bits per heavy atom. The Bertz CT molecular complexity index is 433. The summed E-state index contributed by atoms with van der Waals surface area (Å²) in [7, 11) is 1.57. The fourth-order valence-corrected chi connectivity index (χ4v) is 1.98. The molecule has 0 N–H and O–H groups in total. The van der Waals surface area contributed by atoms with E-state index in [1.54, 1.807) is 25.3 Å². The van der Waals surface area contributed by atoms with Gasteiger partial charge in [0.2, 0.25) is 0 Å². The monoisotopic (exact) mass is 247 g/mol. The van der Waals surface area contributed by atoms with Crippen LogP contribution >= 0.6 is 0 Å². The molecular weight excluding hydrogens is 230 g/mol. The summed E-state index contributed by atoms with van der Waals surface area (Å²) in [6.45, 7) is 1.35. The van der Waals surface area contributed by atoms with Crippen molar-refractivity contribution in [1.29, 1.82) is 5.26 Å². The van der Waals surface area contributed by atoms with Gasteiger partial charge in [0, 0.05) is 12.7 Å². The summed E-state index contributed by atoms with van der Waals surface area (Å²) >= 11 is 0. The van der Waals surface area contributed by atoms with Crippen molar-refractivity contribution in [2.75, 3.05) is 20.3 Å². The van der Waals surface area contributed by atoms with Crippen LogP contribution in [0.2, 0.25) is 0 Å². The molecule has 0 aromatic heterocycles. The molecule has 96 valence electrons. The average molecular weight is 247 g/mol. The zero-order valence-electron chi connectivity index (χ0n) is 10.5. The van der Waals surface area contributed by atoms with Crippen molar-refractivity contribution in [2.24, 2.45) is 0 Å². The molecule has 1 atom stereocenters. The van der Waals surface area contributed by atoms with E-state index in [0.717, 1.165) is 19.4 Å². The van der Waals surface area contributed by atoms with Crippen LogP contribution in [0.15, 0.2) is 18.2 Å². The van der Waals surface area contributed by atoms with Crippen molar-refractivity contribution in [1.82, 2.24) is 0 Å². The SMILES string of the molecule is COc1cc(C#N)ccc1OCC1CCCCO1. The minimum atomic E-state index is 0.166. The van der Waals surface area contributed by atoms with Crippen LogP contribution in [0, 0.1) is 11.3 Å². The molecule has 1 aliphatic rings. The van der Waals surface area contributed by atoms with Gasteiger partial charge in [0.05, 0.1) is 24.8 Å². The first-order valence-electron chi connectivity index (χ1n) is 6.16. The summed E-state index contributed by atoms with van der Waals surface area (Å²) in [6, 6.07) is 7.24. The lowest BCUT2D eigenvalue weighted by atomic mass is 10.1. The molecule has 0 aliphatic carbocycles. The third kappa shape index (κ3) is 3.14. The standard InChI is InChI=1S/C14H17NO3/c1-16-14-8-11(9-15)5-6-13(14)18-10-12-4-2-3-7-17-12/h5-6,8,12H,2-4,7,10H2,1H3. The van der Waals surface area contributed by atoms with Gasteiger partial charge in [-0.15, -0.1) is 0 Å². The zero-order chi connectivity index (χ0) is 12.8. The van der Waals surface area contributed by atoms with Gasteiger partial charge in [-0.1, -0.05) is 0 Å². The van der Waals surface area contributed by atoms with E-state index in [0.29, 0.717) is 23.7 Å². The molecule has 0 radical (unpaired) electrons. The van der Waals surface area contributed by atoms with Crippen LogP contribution in [0.25, 0.3) is 0 Å². The third-order valence-corrected chi connectivity index (χ3v) is 2.99. The van der Waals surface area contributed by atoms with E-state index in [1.165, 1.54) is 6.42 Å². The van der Waals surface area contributed by atoms with Gasteiger partial charge in [-0.05, 0) is 31.4 Å². The highest BCUT2D eigenvalue weighted by atomic mass is 16.5. The number of methoxy groups -OCH3 is 1. The van der Waals surface area contributed by atoms with Crippen LogP contribution in [0.3, 0.4) is 0 Å². The van der Waals surface area contributed by atoms with Gasteiger partial charge in [0.15, 0.2) is 11.5 Å². The smallest absolute Gasteiger partial charge is 0.162 e. The summed E-state index contributed by atoms with van der Waals surface area (Å²) in [5, 5.41) is 8.82. The maximum atomic E-state index is 8.82. The summed E-state index contributed by atoms with van der Waals surface area (Å²) < 4.78 is 16.5. The third-order valence-electron chi connectivity index (χ3n) is 2.99. The van der Waals surface area contributed by atoms with E-state index in [2.05, 4.69) is 6.07 Å². The Morgan fingerprint density at radius 3 is 2.94 bits per heavy atom. The fourth-order valence-electron chi connectivity index (χ4n) is 1.98. The molecule has 0 spiro atoms. The average Bonchev–Trinajstić information content (AvgIpc) is 2.46. The van der Waals surface area contributed by atoms with E-state index < -0.39 is 0 Å². The first-order valence-corrected chi connectivity index (χ1v) is 6.16. The molecule has 18 heavy (non-hydrogen) atoms. The molecule has 1 unspecified atom stereocenters.